The first-order valence-corrected chi connectivity index (χ1v) is 4.37. The molecule has 72 valence electrons. The zero-order valence-electron chi connectivity index (χ0n) is 8.08. The molecule has 0 spiro atoms. The van der Waals surface area contributed by atoms with Crippen LogP contribution in [0.15, 0.2) is 18.2 Å². The van der Waals surface area contributed by atoms with Gasteiger partial charge in [0, 0.05) is 5.56 Å². The van der Waals surface area contributed by atoms with Gasteiger partial charge in [-0.2, -0.15) is 0 Å². The maximum atomic E-state index is 5.61. The average Bonchev–Trinajstić information content (AvgIpc) is 2.16. The number of hydrogen-bond donors (Lipinski definition) is 2. The molecule has 0 unspecified atom stereocenters. The van der Waals surface area contributed by atoms with Crippen LogP contribution in [-0.4, -0.2) is 7.11 Å². The van der Waals surface area contributed by atoms with Crippen molar-refractivity contribution in [2.75, 3.05) is 7.11 Å². The fourth-order valence-electron chi connectivity index (χ4n) is 1.26. The number of aryl methyl sites for hydroxylation is 1. The molecule has 1 rings (SSSR count). The molecule has 0 atom stereocenters. The number of benzene rings is 1. The minimum Gasteiger partial charge on any atom is -0.496 e. The molecule has 0 amide bonds. The van der Waals surface area contributed by atoms with E-state index in [1.54, 1.807) is 7.11 Å². The number of hydrogen-bond acceptors (Lipinski definition) is 3. The van der Waals surface area contributed by atoms with Crippen molar-refractivity contribution in [1.29, 1.82) is 0 Å². The summed E-state index contributed by atoms with van der Waals surface area (Å²) in [7, 11) is 1.62. The van der Waals surface area contributed by atoms with Crippen molar-refractivity contribution in [2.24, 2.45) is 11.5 Å². The summed E-state index contributed by atoms with van der Waals surface area (Å²) in [6.07, 6.45) is 0.505. The van der Waals surface area contributed by atoms with Gasteiger partial charge in [-0.3, -0.25) is 0 Å². The van der Waals surface area contributed by atoms with Crippen molar-refractivity contribution >= 4 is 0 Å². The molecule has 0 aliphatic heterocycles. The van der Waals surface area contributed by atoms with Gasteiger partial charge < -0.3 is 16.2 Å². The standard InChI is InChI=1S/C10H16N2O/c1-3-7-4-5-9(13-2)8(6-7)10(11)12/h4-6,10H,3,11-12H2,1-2H3. The second-order valence-corrected chi connectivity index (χ2v) is 2.96. The first-order chi connectivity index (χ1) is 6.19. The minimum absolute atomic E-state index is 0.471. The summed E-state index contributed by atoms with van der Waals surface area (Å²) in [4.78, 5) is 0. The highest BCUT2D eigenvalue weighted by Crippen LogP contribution is 2.22. The predicted molar refractivity (Wildman–Crippen MR) is 53.5 cm³/mol. The van der Waals surface area contributed by atoms with E-state index >= 15 is 0 Å². The molecule has 0 aliphatic rings. The SMILES string of the molecule is CCc1ccc(OC)c(C(N)N)c1. The molecule has 0 saturated heterocycles. The Balaban J connectivity index is 3.10. The van der Waals surface area contributed by atoms with Crippen LogP contribution in [0.3, 0.4) is 0 Å². The Morgan fingerprint density at radius 2 is 2.08 bits per heavy atom. The van der Waals surface area contributed by atoms with Gasteiger partial charge in [0.25, 0.3) is 0 Å². The number of methoxy groups -OCH3 is 1. The molecule has 0 bridgehead atoms. The zero-order chi connectivity index (χ0) is 9.84. The van der Waals surface area contributed by atoms with Crippen molar-refractivity contribution in [1.82, 2.24) is 0 Å². The highest BCUT2D eigenvalue weighted by atomic mass is 16.5. The minimum atomic E-state index is -0.471. The molecule has 3 nitrogen and oxygen atoms in total. The lowest BCUT2D eigenvalue weighted by Gasteiger charge is -2.12. The van der Waals surface area contributed by atoms with E-state index in [-0.39, 0.29) is 0 Å². The Morgan fingerprint density at radius 1 is 1.38 bits per heavy atom. The van der Waals surface area contributed by atoms with E-state index in [4.69, 9.17) is 16.2 Å². The van der Waals surface area contributed by atoms with E-state index in [1.165, 1.54) is 5.56 Å². The van der Waals surface area contributed by atoms with E-state index in [0.717, 1.165) is 17.7 Å². The topological polar surface area (TPSA) is 61.3 Å². The van der Waals surface area contributed by atoms with E-state index < -0.39 is 6.17 Å². The van der Waals surface area contributed by atoms with Crippen LogP contribution in [-0.2, 0) is 6.42 Å². The van der Waals surface area contributed by atoms with Crippen molar-refractivity contribution in [2.45, 2.75) is 19.5 Å². The van der Waals surface area contributed by atoms with Crippen molar-refractivity contribution in [3.63, 3.8) is 0 Å². The third-order valence-corrected chi connectivity index (χ3v) is 2.06. The summed E-state index contributed by atoms with van der Waals surface area (Å²) in [6, 6.07) is 5.91. The van der Waals surface area contributed by atoms with Gasteiger partial charge in [-0.25, -0.2) is 0 Å². The molecule has 0 heterocycles. The van der Waals surface area contributed by atoms with Crippen molar-refractivity contribution < 1.29 is 4.74 Å². The maximum absolute atomic E-state index is 5.61. The molecule has 3 heteroatoms. The third-order valence-electron chi connectivity index (χ3n) is 2.06. The van der Waals surface area contributed by atoms with Crippen LogP contribution in [0.2, 0.25) is 0 Å². The van der Waals surface area contributed by atoms with Crippen molar-refractivity contribution in [3.05, 3.63) is 29.3 Å². The largest absolute Gasteiger partial charge is 0.496 e. The Kier molecular flexibility index (Phi) is 3.28. The number of rotatable bonds is 3. The van der Waals surface area contributed by atoms with Crippen LogP contribution in [0, 0.1) is 0 Å². The molecule has 1 aromatic carbocycles. The van der Waals surface area contributed by atoms with E-state index in [9.17, 15) is 0 Å². The number of ether oxygens (including phenoxy) is 1. The number of nitrogens with two attached hydrogens (primary N) is 2. The van der Waals surface area contributed by atoms with Crippen LogP contribution in [0.4, 0.5) is 0 Å². The van der Waals surface area contributed by atoms with Gasteiger partial charge in [0.15, 0.2) is 0 Å². The molecule has 0 aromatic heterocycles. The maximum Gasteiger partial charge on any atom is 0.124 e. The molecular formula is C10H16N2O. The summed E-state index contributed by atoms with van der Waals surface area (Å²) in [6.45, 7) is 2.09. The highest BCUT2D eigenvalue weighted by Gasteiger charge is 2.07. The van der Waals surface area contributed by atoms with Gasteiger partial charge in [-0.1, -0.05) is 13.0 Å². The third kappa shape index (κ3) is 2.20. The average molecular weight is 180 g/mol. The van der Waals surface area contributed by atoms with Gasteiger partial charge in [-0.15, -0.1) is 0 Å². The first-order valence-electron chi connectivity index (χ1n) is 4.37. The van der Waals surface area contributed by atoms with Crippen LogP contribution < -0.4 is 16.2 Å². The van der Waals surface area contributed by atoms with Gasteiger partial charge in [0.1, 0.15) is 5.75 Å². The summed E-state index contributed by atoms with van der Waals surface area (Å²) in [5.74, 6) is 0.757. The molecular weight excluding hydrogens is 164 g/mol. The van der Waals surface area contributed by atoms with Gasteiger partial charge in [-0.05, 0) is 24.1 Å². The molecule has 1 aromatic rings. The molecule has 0 fully saturated rings. The highest BCUT2D eigenvalue weighted by molar-refractivity contribution is 5.38. The Hall–Kier alpha value is -1.06. The monoisotopic (exact) mass is 180 g/mol. The smallest absolute Gasteiger partial charge is 0.124 e. The van der Waals surface area contributed by atoms with Crippen molar-refractivity contribution in [3.8, 4) is 5.75 Å². The summed E-state index contributed by atoms with van der Waals surface area (Å²) in [5.41, 5.74) is 13.3. The Labute approximate surface area is 78.7 Å². The zero-order valence-corrected chi connectivity index (χ0v) is 8.08. The first kappa shape index (κ1) is 10.0. The van der Waals surface area contributed by atoms with E-state index in [2.05, 4.69) is 6.92 Å². The normalized spacial score (nSPS) is 10.5. The Bertz CT molecular complexity index is 284. The molecule has 4 N–H and O–H groups in total. The molecule has 0 saturated carbocycles. The van der Waals surface area contributed by atoms with E-state index in [0.29, 0.717) is 0 Å². The second kappa shape index (κ2) is 4.25. The van der Waals surface area contributed by atoms with Crippen LogP contribution in [0.5, 0.6) is 5.75 Å². The van der Waals surface area contributed by atoms with Gasteiger partial charge in [0.05, 0.1) is 13.3 Å². The van der Waals surface area contributed by atoms with Gasteiger partial charge >= 0.3 is 0 Å². The lowest BCUT2D eigenvalue weighted by molar-refractivity contribution is 0.406. The van der Waals surface area contributed by atoms with Crippen LogP contribution >= 0.6 is 0 Å². The molecule has 0 aliphatic carbocycles. The fraction of sp³-hybridized carbons (Fsp3) is 0.400. The predicted octanol–water partition coefficient (Wildman–Crippen LogP) is 1.17. The summed E-state index contributed by atoms with van der Waals surface area (Å²) >= 11 is 0. The second-order valence-electron chi connectivity index (χ2n) is 2.96. The molecule has 0 radical (unpaired) electrons. The lowest BCUT2D eigenvalue weighted by Crippen LogP contribution is -2.21. The van der Waals surface area contributed by atoms with Crippen LogP contribution in [0.1, 0.15) is 24.2 Å². The fourth-order valence-corrected chi connectivity index (χ4v) is 1.26. The lowest BCUT2D eigenvalue weighted by atomic mass is 10.1. The summed E-state index contributed by atoms with van der Waals surface area (Å²) in [5, 5.41) is 0. The Morgan fingerprint density at radius 3 is 2.54 bits per heavy atom. The van der Waals surface area contributed by atoms with Crippen LogP contribution in [0.25, 0.3) is 0 Å². The van der Waals surface area contributed by atoms with Gasteiger partial charge in [0.2, 0.25) is 0 Å². The molecule has 13 heavy (non-hydrogen) atoms. The summed E-state index contributed by atoms with van der Waals surface area (Å²) < 4.78 is 5.15. The van der Waals surface area contributed by atoms with E-state index in [1.807, 2.05) is 18.2 Å². The quantitative estimate of drug-likeness (QED) is 0.686.